The zero-order valence-electron chi connectivity index (χ0n) is 10.3. The van der Waals surface area contributed by atoms with E-state index in [9.17, 15) is 4.79 Å². The fourth-order valence-electron chi connectivity index (χ4n) is 2.29. The molecule has 16 heavy (non-hydrogen) atoms. The van der Waals surface area contributed by atoms with Crippen LogP contribution in [0.1, 0.15) is 39.0 Å². The molecule has 0 aromatic rings. The molecule has 0 radical (unpaired) electrons. The molecular formula is C13H23NO2. The Bertz CT molecular complexity index is 238. The number of likely N-dealkylation sites (tertiary alicyclic amines) is 1. The zero-order chi connectivity index (χ0) is 11.4. The molecule has 3 nitrogen and oxygen atoms in total. The number of hydrogen-bond donors (Lipinski definition) is 0. The van der Waals surface area contributed by atoms with Crippen LogP contribution in [0.4, 0.5) is 0 Å². The van der Waals surface area contributed by atoms with Crippen molar-refractivity contribution in [1.82, 2.24) is 4.90 Å². The first-order chi connectivity index (χ1) is 7.75. The first-order valence-corrected chi connectivity index (χ1v) is 6.59. The monoisotopic (exact) mass is 225 g/mol. The van der Waals surface area contributed by atoms with Crippen LogP contribution in [0.15, 0.2) is 0 Å². The van der Waals surface area contributed by atoms with Crippen LogP contribution in [-0.4, -0.2) is 43.0 Å². The SMILES string of the molecule is CC1CC(=O)CCN1CCCOCC1CC1. The van der Waals surface area contributed by atoms with Crippen molar-refractivity contribution < 1.29 is 9.53 Å². The molecule has 0 aromatic heterocycles. The third-order valence-corrected chi connectivity index (χ3v) is 3.61. The molecule has 3 heteroatoms. The third-order valence-electron chi connectivity index (χ3n) is 3.61. The smallest absolute Gasteiger partial charge is 0.135 e. The molecular weight excluding hydrogens is 202 g/mol. The van der Waals surface area contributed by atoms with E-state index in [4.69, 9.17) is 4.74 Å². The molecule has 1 saturated carbocycles. The van der Waals surface area contributed by atoms with Gasteiger partial charge in [0, 0.05) is 45.2 Å². The molecule has 1 aliphatic carbocycles. The molecule has 1 atom stereocenters. The predicted octanol–water partition coefficient (Wildman–Crippen LogP) is 1.86. The van der Waals surface area contributed by atoms with E-state index in [0.717, 1.165) is 51.5 Å². The number of Topliss-reactive ketones (excluding diaryl/α,β-unsaturated/α-hetero) is 1. The van der Waals surface area contributed by atoms with Crippen LogP contribution in [0.5, 0.6) is 0 Å². The van der Waals surface area contributed by atoms with E-state index in [-0.39, 0.29) is 0 Å². The van der Waals surface area contributed by atoms with Crippen molar-refractivity contribution in [1.29, 1.82) is 0 Å². The fourth-order valence-corrected chi connectivity index (χ4v) is 2.29. The second kappa shape index (κ2) is 5.78. The Morgan fingerprint density at radius 2 is 2.25 bits per heavy atom. The Morgan fingerprint density at radius 3 is 2.94 bits per heavy atom. The maximum absolute atomic E-state index is 11.2. The Labute approximate surface area is 98.1 Å². The molecule has 1 aliphatic heterocycles. The van der Waals surface area contributed by atoms with Gasteiger partial charge in [-0.25, -0.2) is 0 Å². The van der Waals surface area contributed by atoms with Gasteiger partial charge in [0.15, 0.2) is 0 Å². The molecule has 0 amide bonds. The summed E-state index contributed by atoms with van der Waals surface area (Å²) in [5, 5.41) is 0. The topological polar surface area (TPSA) is 29.5 Å². The van der Waals surface area contributed by atoms with Crippen LogP contribution in [0.2, 0.25) is 0 Å². The maximum atomic E-state index is 11.2. The zero-order valence-corrected chi connectivity index (χ0v) is 10.3. The lowest BCUT2D eigenvalue weighted by Gasteiger charge is -2.32. The highest BCUT2D eigenvalue weighted by atomic mass is 16.5. The third kappa shape index (κ3) is 3.87. The Balaban J connectivity index is 1.52. The summed E-state index contributed by atoms with van der Waals surface area (Å²) in [7, 11) is 0. The largest absolute Gasteiger partial charge is 0.381 e. The number of carbonyl (C=O) groups is 1. The van der Waals surface area contributed by atoms with Crippen LogP contribution in [-0.2, 0) is 9.53 Å². The summed E-state index contributed by atoms with van der Waals surface area (Å²) in [4.78, 5) is 13.6. The summed E-state index contributed by atoms with van der Waals surface area (Å²) in [6.07, 6.45) is 5.32. The van der Waals surface area contributed by atoms with Crippen LogP contribution < -0.4 is 0 Å². The minimum Gasteiger partial charge on any atom is -0.381 e. The second-order valence-corrected chi connectivity index (χ2v) is 5.25. The molecule has 0 N–H and O–H groups in total. The minimum atomic E-state index is 0.425. The van der Waals surface area contributed by atoms with Crippen LogP contribution in [0.25, 0.3) is 0 Å². The van der Waals surface area contributed by atoms with E-state index >= 15 is 0 Å². The second-order valence-electron chi connectivity index (χ2n) is 5.25. The summed E-state index contributed by atoms with van der Waals surface area (Å²) >= 11 is 0. The van der Waals surface area contributed by atoms with E-state index in [0.29, 0.717) is 11.8 Å². The van der Waals surface area contributed by atoms with Crippen LogP contribution >= 0.6 is 0 Å². The van der Waals surface area contributed by atoms with E-state index in [1.54, 1.807) is 0 Å². The number of nitrogens with zero attached hydrogens (tertiary/aromatic N) is 1. The number of hydrogen-bond acceptors (Lipinski definition) is 3. The lowest BCUT2D eigenvalue weighted by molar-refractivity contribution is -0.122. The first kappa shape index (κ1) is 12.1. The van der Waals surface area contributed by atoms with Gasteiger partial charge in [0.25, 0.3) is 0 Å². The standard InChI is InChI=1S/C13H23NO2/c1-11-9-13(15)5-7-14(11)6-2-8-16-10-12-3-4-12/h11-12H,2-10H2,1H3. The highest BCUT2D eigenvalue weighted by molar-refractivity contribution is 5.79. The maximum Gasteiger partial charge on any atom is 0.135 e. The Kier molecular flexibility index (Phi) is 4.36. The van der Waals surface area contributed by atoms with Crippen molar-refractivity contribution in [3.05, 3.63) is 0 Å². The highest BCUT2D eigenvalue weighted by Gasteiger charge is 2.23. The minimum absolute atomic E-state index is 0.425. The predicted molar refractivity (Wildman–Crippen MR) is 63.4 cm³/mol. The number of ketones is 1. The van der Waals surface area contributed by atoms with E-state index < -0.39 is 0 Å². The molecule has 1 unspecified atom stereocenters. The van der Waals surface area contributed by atoms with Crippen LogP contribution in [0, 0.1) is 5.92 Å². The van der Waals surface area contributed by atoms with Gasteiger partial charge < -0.3 is 4.74 Å². The van der Waals surface area contributed by atoms with Gasteiger partial charge in [-0.15, -0.1) is 0 Å². The molecule has 1 heterocycles. The highest BCUT2D eigenvalue weighted by Crippen LogP contribution is 2.28. The van der Waals surface area contributed by atoms with E-state index in [1.165, 1.54) is 12.8 Å². The molecule has 0 bridgehead atoms. The quantitative estimate of drug-likeness (QED) is 0.646. The van der Waals surface area contributed by atoms with Crippen molar-refractivity contribution >= 4 is 5.78 Å². The lowest BCUT2D eigenvalue weighted by Crippen LogP contribution is -2.41. The van der Waals surface area contributed by atoms with Crippen molar-refractivity contribution in [3.8, 4) is 0 Å². The van der Waals surface area contributed by atoms with Crippen molar-refractivity contribution in [2.24, 2.45) is 5.92 Å². The summed E-state index contributed by atoms with van der Waals surface area (Å²) in [6.45, 7) is 6.03. The summed E-state index contributed by atoms with van der Waals surface area (Å²) in [5.74, 6) is 1.29. The molecule has 1 saturated heterocycles. The average molecular weight is 225 g/mol. The van der Waals surface area contributed by atoms with Gasteiger partial charge in [0.05, 0.1) is 0 Å². The molecule has 92 valence electrons. The summed E-state index contributed by atoms with van der Waals surface area (Å²) in [5.41, 5.74) is 0. The average Bonchev–Trinajstić information content (AvgIpc) is 3.04. The van der Waals surface area contributed by atoms with E-state index in [2.05, 4.69) is 11.8 Å². The van der Waals surface area contributed by atoms with Gasteiger partial charge in [0.2, 0.25) is 0 Å². The van der Waals surface area contributed by atoms with E-state index in [1.807, 2.05) is 0 Å². The fraction of sp³-hybridized carbons (Fsp3) is 0.923. The molecule has 0 aromatic carbocycles. The number of carbonyl (C=O) groups excluding carboxylic acids is 1. The van der Waals surface area contributed by atoms with Gasteiger partial charge in [-0.3, -0.25) is 9.69 Å². The van der Waals surface area contributed by atoms with Crippen molar-refractivity contribution in [3.63, 3.8) is 0 Å². The molecule has 2 fully saturated rings. The number of rotatable bonds is 6. The Morgan fingerprint density at radius 1 is 1.44 bits per heavy atom. The van der Waals surface area contributed by atoms with Gasteiger partial charge >= 0.3 is 0 Å². The lowest BCUT2D eigenvalue weighted by atomic mass is 10.0. The Hall–Kier alpha value is -0.410. The van der Waals surface area contributed by atoms with Crippen LogP contribution in [0.3, 0.4) is 0 Å². The molecule has 2 rings (SSSR count). The summed E-state index contributed by atoms with van der Waals surface area (Å²) < 4.78 is 5.61. The van der Waals surface area contributed by atoms with Gasteiger partial charge in [-0.2, -0.15) is 0 Å². The van der Waals surface area contributed by atoms with Gasteiger partial charge in [-0.1, -0.05) is 0 Å². The first-order valence-electron chi connectivity index (χ1n) is 6.59. The number of ether oxygens (including phenoxy) is 1. The van der Waals surface area contributed by atoms with Gasteiger partial charge in [0.1, 0.15) is 5.78 Å². The summed E-state index contributed by atoms with van der Waals surface area (Å²) in [6, 6.07) is 0.435. The normalized spacial score (nSPS) is 27.3. The number of piperidine rings is 1. The molecule has 0 spiro atoms. The molecule has 2 aliphatic rings. The van der Waals surface area contributed by atoms with Crippen molar-refractivity contribution in [2.75, 3.05) is 26.3 Å². The van der Waals surface area contributed by atoms with Gasteiger partial charge in [-0.05, 0) is 32.1 Å². The van der Waals surface area contributed by atoms with Crippen molar-refractivity contribution in [2.45, 2.75) is 45.1 Å².